The van der Waals surface area contributed by atoms with Gasteiger partial charge in [0.25, 0.3) is 0 Å². The van der Waals surface area contributed by atoms with E-state index in [-0.39, 0.29) is 5.91 Å². The van der Waals surface area contributed by atoms with Crippen molar-refractivity contribution >= 4 is 5.91 Å². The highest BCUT2D eigenvalue weighted by Gasteiger charge is 2.12. The lowest BCUT2D eigenvalue weighted by Crippen LogP contribution is -2.31. The van der Waals surface area contributed by atoms with Gasteiger partial charge < -0.3 is 4.74 Å². The maximum absolute atomic E-state index is 11.3. The summed E-state index contributed by atoms with van der Waals surface area (Å²) in [6, 6.07) is 1.95. The fourth-order valence-corrected chi connectivity index (χ4v) is 1.79. The van der Waals surface area contributed by atoms with Crippen molar-refractivity contribution in [2.24, 2.45) is 5.84 Å². The molecule has 1 aromatic carbocycles. The highest BCUT2D eigenvalue weighted by Crippen LogP contribution is 2.27. The molecule has 0 spiro atoms. The molecule has 1 aromatic rings. The van der Waals surface area contributed by atoms with Crippen LogP contribution in [-0.4, -0.2) is 13.0 Å². The third-order valence-corrected chi connectivity index (χ3v) is 2.93. The van der Waals surface area contributed by atoms with Crippen LogP contribution in [0.15, 0.2) is 6.07 Å². The van der Waals surface area contributed by atoms with Crippen molar-refractivity contribution in [1.29, 1.82) is 0 Å². The number of methoxy groups -OCH3 is 1. The number of aryl methyl sites for hydroxylation is 1. The predicted octanol–water partition coefficient (Wildman–Crippen LogP) is 1.15. The molecular formula is C12H18N2O2. The molecule has 3 N–H and O–H groups in total. The van der Waals surface area contributed by atoms with Crippen molar-refractivity contribution in [3.8, 4) is 5.75 Å². The van der Waals surface area contributed by atoms with E-state index in [0.717, 1.165) is 28.0 Å². The zero-order valence-electron chi connectivity index (χ0n) is 10.2. The molecule has 4 heteroatoms. The molecule has 0 fully saturated rings. The first kappa shape index (κ1) is 12.5. The van der Waals surface area contributed by atoms with Crippen LogP contribution in [0.1, 0.15) is 22.3 Å². The van der Waals surface area contributed by atoms with Crippen LogP contribution in [0.25, 0.3) is 0 Å². The molecule has 88 valence electrons. The number of rotatable bonds is 3. The number of hydrogen-bond acceptors (Lipinski definition) is 3. The summed E-state index contributed by atoms with van der Waals surface area (Å²) in [5, 5.41) is 0. The summed E-state index contributed by atoms with van der Waals surface area (Å²) in [6.07, 6.45) is 0.305. The zero-order chi connectivity index (χ0) is 12.3. The Morgan fingerprint density at radius 2 is 2.00 bits per heavy atom. The van der Waals surface area contributed by atoms with Crippen molar-refractivity contribution in [2.45, 2.75) is 27.2 Å². The van der Waals surface area contributed by atoms with Crippen molar-refractivity contribution in [2.75, 3.05) is 7.11 Å². The Morgan fingerprint density at radius 1 is 1.38 bits per heavy atom. The fourth-order valence-electron chi connectivity index (χ4n) is 1.79. The van der Waals surface area contributed by atoms with Crippen molar-refractivity contribution in [3.05, 3.63) is 28.3 Å². The quantitative estimate of drug-likeness (QED) is 0.458. The van der Waals surface area contributed by atoms with Gasteiger partial charge in [0, 0.05) is 0 Å². The molecule has 16 heavy (non-hydrogen) atoms. The number of hydrazine groups is 1. The Hall–Kier alpha value is -1.55. The number of benzene rings is 1. The highest BCUT2D eigenvalue weighted by atomic mass is 16.5. The molecule has 0 aliphatic heterocycles. The molecule has 1 amide bonds. The Labute approximate surface area is 95.8 Å². The SMILES string of the molecule is COc1cc(C)c(CC(=O)NN)c(C)c1C. The largest absolute Gasteiger partial charge is 0.496 e. The number of ether oxygens (including phenoxy) is 1. The lowest BCUT2D eigenvalue weighted by molar-refractivity contribution is -0.120. The molecule has 0 atom stereocenters. The van der Waals surface area contributed by atoms with E-state index in [0.29, 0.717) is 6.42 Å². The van der Waals surface area contributed by atoms with Crippen LogP contribution in [0.5, 0.6) is 5.75 Å². The molecule has 0 heterocycles. The Kier molecular flexibility index (Phi) is 3.90. The van der Waals surface area contributed by atoms with Crippen LogP contribution in [-0.2, 0) is 11.2 Å². The zero-order valence-corrected chi connectivity index (χ0v) is 10.2. The number of carbonyl (C=O) groups is 1. The van der Waals surface area contributed by atoms with Gasteiger partial charge in [-0.15, -0.1) is 0 Å². The van der Waals surface area contributed by atoms with Gasteiger partial charge in [-0.25, -0.2) is 5.84 Å². The van der Waals surface area contributed by atoms with Crippen LogP contribution in [0, 0.1) is 20.8 Å². The molecule has 0 aliphatic carbocycles. The summed E-state index contributed by atoms with van der Waals surface area (Å²) in [6.45, 7) is 5.94. The van der Waals surface area contributed by atoms with Crippen LogP contribution in [0.4, 0.5) is 0 Å². The van der Waals surface area contributed by atoms with Gasteiger partial charge in [0.15, 0.2) is 0 Å². The third-order valence-electron chi connectivity index (χ3n) is 2.93. The first-order chi connectivity index (χ1) is 7.51. The van der Waals surface area contributed by atoms with E-state index in [9.17, 15) is 4.79 Å². The Bertz CT molecular complexity index is 414. The van der Waals surface area contributed by atoms with Crippen LogP contribution in [0.3, 0.4) is 0 Å². The van der Waals surface area contributed by atoms with Gasteiger partial charge >= 0.3 is 0 Å². The van der Waals surface area contributed by atoms with Crippen LogP contribution < -0.4 is 16.0 Å². The molecule has 0 unspecified atom stereocenters. The topological polar surface area (TPSA) is 64.3 Å². The van der Waals surface area contributed by atoms with Gasteiger partial charge in [0.05, 0.1) is 13.5 Å². The summed E-state index contributed by atoms with van der Waals surface area (Å²) in [7, 11) is 1.65. The molecular weight excluding hydrogens is 204 g/mol. The Morgan fingerprint density at radius 3 is 2.50 bits per heavy atom. The summed E-state index contributed by atoms with van der Waals surface area (Å²) in [5.74, 6) is 5.76. The van der Waals surface area contributed by atoms with E-state index < -0.39 is 0 Å². The van der Waals surface area contributed by atoms with Crippen molar-refractivity contribution < 1.29 is 9.53 Å². The highest BCUT2D eigenvalue weighted by molar-refractivity contribution is 5.79. The molecule has 1 rings (SSSR count). The molecule has 0 radical (unpaired) electrons. The van der Waals surface area contributed by atoms with Gasteiger partial charge in [-0.3, -0.25) is 10.2 Å². The van der Waals surface area contributed by atoms with E-state index in [1.807, 2.05) is 26.8 Å². The summed E-state index contributed by atoms with van der Waals surface area (Å²) in [4.78, 5) is 11.3. The Balaban J connectivity index is 3.20. The van der Waals surface area contributed by atoms with E-state index in [4.69, 9.17) is 10.6 Å². The maximum Gasteiger partial charge on any atom is 0.238 e. The van der Waals surface area contributed by atoms with Gasteiger partial charge in [-0.2, -0.15) is 0 Å². The number of nitrogens with one attached hydrogen (secondary N) is 1. The number of nitrogens with two attached hydrogens (primary N) is 1. The third kappa shape index (κ3) is 2.33. The fraction of sp³-hybridized carbons (Fsp3) is 0.417. The summed E-state index contributed by atoms with van der Waals surface area (Å²) in [5.41, 5.74) is 6.35. The van der Waals surface area contributed by atoms with E-state index in [1.54, 1.807) is 7.11 Å². The molecule has 4 nitrogen and oxygen atoms in total. The van der Waals surface area contributed by atoms with Crippen molar-refractivity contribution in [3.63, 3.8) is 0 Å². The first-order valence-corrected chi connectivity index (χ1v) is 5.14. The maximum atomic E-state index is 11.3. The van der Waals surface area contributed by atoms with Gasteiger partial charge in [0.2, 0.25) is 5.91 Å². The lowest BCUT2D eigenvalue weighted by atomic mass is 9.95. The number of hydrogen-bond donors (Lipinski definition) is 2. The second-order valence-corrected chi connectivity index (χ2v) is 3.87. The van der Waals surface area contributed by atoms with E-state index >= 15 is 0 Å². The van der Waals surface area contributed by atoms with Crippen LogP contribution in [0.2, 0.25) is 0 Å². The normalized spacial score (nSPS) is 10.1. The second kappa shape index (κ2) is 4.99. The number of carbonyl (C=O) groups excluding carboxylic acids is 1. The first-order valence-electron chi connectivity index (χ1n) is 5.14. The molecule has 0 saturated heterocycles. The lowest BCUT2D eigenvalue weighted by Gasteiger charge is -2.15. The van der Waals surface area contributed by atoms with Gasteiger partial charge in [0.1, 0.15) is 5.75 Å². The summed E-state index contributed by atoms with van der Waals surface area (Å²) >= 11 is 0. The molecule has 0 saturated carbocycles. The molecule has 0 aliphatic rings. The smallest absolute Gasteiger partial charge is 0.238 e. The second-order valence-electron chi connectivity index (χ2n) is 3.87. The van der Waals surface area contributed by atoms with Crippen molar-refractivity contribution in [1.82, 2.24) is 5.43 Å². The number of amides is 1. The average Bonchev–Trinajstić information content (AvgIpc) is 2.28. The molecule has 0 bridgehead atoms. The minimum Gasteiger partial charge on any atom is -0.496 e. The molecule has 0 aromatic heterocycles. The minimum absolute atomic E-state index is 0.184. The van der Waals surface area contributed by atoms with E-state index in [1.165, 1.54) is 0 Å². The van der Waals surface area contributed by atoms with Crippen LogP contribution >= 0.6 is 0 Å². The monoisotopic (exact) mass is 222 g/mol. The standard InChI is InChI=1S/C12H18N2O2/c1-7-5-11(16-4)9(3)8(2)10(7)6-12(15)14-13/h5H,6,13H2,1-4H3,(H,14,15). The van der Waals surface area contributed by atoms with Gasteiger partial charge in [-0.1, -0.05) is 0 Å². The van der Waals surface area contributed by atoms with Gasteiger partial charge in [-0.05, 0) is 49.1 Å². The van der Waals surface area contributed by atoms with E-state index in [2.05, 4.69) is 5.43 Å². The summed E-state index contributed by atoms with van der Waals surface area (Å²) < 4.78 is 5.27. The predicted molar refractivity (Wildman–Crippen MR) is 63.2 cm³/mol. The minimum atomic E-state index is -0.184. The average molecular weight is 222 g/mol.